The highest BCUT2D eigenvalue weighted by atomic mass is 35.5. The molecule has 3 aromatic rings. The maximum atomic E-state index is 13.6. The van der Waals surface area contributed by atoms with Crippen molar-refractivity contribution in [2.24, 2.45) is 0 Å². The molecule has 2 aromatic carbocycles. The Balaban J connectivity index is 1.92. The van der Waals surface area contributed by atoms with Crippen molar-refractivity contribution in [1.82, 2.24) is 8.75 Å². The minimum absolute atomic E-state index is 0.00911. The molecule has 3 nitrogen and oxygen atoms in total. The molecule has 0 aliphatic rings. The fourth-order valence-electron chi connectivity index (χ4n) is 1.88. The zero-order chi connectivity index (χ0) is 15.0. The molecular weight excluding hydrogens is 323 g/mol. The summed E-state index contributed by atoms with van der Waals surface area (Å²) in [6, 6.07) is 4.67. The number of nitrogens with one attached hydrogen (secondary N) is 1. The summed E-state index contributed by atoms with van der Waals surface area (Å²) in [5, 5.41) is 3.28. The molecule has 0 amide bonds. The van der Waals surface area contributed by atoms with Gasteiger partial charge < -0.3 is 5.32 Å². The van der Waals surface area contributed by atoms with Gasteiger partial charge in [-0.3, -0.25) is 0 Å². The van der Waals surface area contributed by atoms with Gasteiger partial charge in [-0.25, -0.2) is 13.2 Å². The summed E-state index contributed by atoms with van der Waals surface area (Å²) < 4.78 is 47.8. The van der Waals surface area contributed by atoms with E-state index in [1.54, 1.807) is 12.1 Å². The molecule has 1 heterocycles. The quantitative estimate of drug-likeness (QED) is 0.725. The molecule has 0 atom stereocenters. The molecule has 1 aromatic heterocycles. The summed E-state index contributed by atoms with van der Waals surface area (Å²) in [6.45, 7) is -0.0562. The molecule has 108 valence electrons. The fourth-order valence-corrected chi connectivity index (χ4v) is 2.64. The van der Waals surface area contributed by atoms with E-state index >= 15 is 0 Å². The Morgan fingerprint density at radius 1 is 1.05 bits per heavy atom. The van der Waals surface area contributed by atoms with Crippen LogP contribution in [0.1, 0.15) is 5.56 Å². The molecular formula is C13H7ClF3N3S. The standard InChI is InChI=1S/C13H7ClF3N3S/c14-7-1-2-11-13(20-21-19-11)12(7)18-5-6-3-9(16)10(17)4-8(6)15/h1-4,18H,5H2. The van der Waals surface area contributed by atoms with Crippen molar-refractivity contribution in [3.05, 3.63) is 52.3 Å². The largest absolute Gasteiger partial charge is 0.378 e. The summed E-state index contributed by atoms with van der Waals surface area (Å²) in [4.78, 5) is 0. The van der Waals surface area contributed by atoms with Crippen molar-refractivity contribution >= 4 is 40.0 Å². The van der Waals surface area contributed by atoms with Crippen LogP contribution in [0.25, 0.3) is 11.0 Å². The number of benzene rings is 2. The van der Waals surface area contributed by atoms with Crippen molar-refractivity contribution < 1.29 is 13.2 Å². The van der Waals surface area contributed by atoms with Crippen molar-refractivity contribution in [1.29, 1.82) is 0 Å². The average molecular weight is 330 g/mol. The van der Waals surface area contributed by atoms with Crippen LogP contribution in [-0.2, 0) is 6.54 Å². The Hall–Kier alpha value is -1.86. The van der Waals surface area contributed by atoms with Gasteiger partial charge in [0.2, 0.25) is 0 Å². The Labute approximate surface area is 126 Å². The van der Waals surface area contributed by atoms with Gasteiger partial charge in [0.1, 0.15) is 16.9 Å². The normalized spacial score (nSPS) is 11.0. The Kier molecular flexibility index (Phi) is 3.69. The maximum Gasteiger partial charge on any atom is 0.161 e. The number of nitrogens with zero attached hydrogens (tertiary/aromatic N) is 2. The predicted molar refractivity (Wildman–Crippen MR) is 76.1 cm³/mol. The van der Waals surface area contributed by atoms with E-state index in [2.05, 4.69) is 14.1 Å². The Morgan fingerprint density at radius 2 is 1.81 bits per heavy atom. The summed E-state index contributed by atoms with van der Waals surface area (Å²) >= 11 is 7.09. The second-order valence-electron chi connectivity index (χ2n) is 4.27. The Bertz CT molecular complexity index is 822. The molecule has 0 aliphatic heterocycles. The number of hydrogen-bond acceptors (Lipinski definition) is 4. The van der Waals surface area contributed by atoms with E-state index in [1.807, 2.05) is 0 Å². The third kappa shape index (κ3) is 2.66. The molecule has 1 N–H and O–H groups in total. The third-order valence-electron chi connectivity index (χ3n) is 2.92. The van der Waals surface area contributed by atoms with Crippen molar-refractivity contribution in [3.63, 3.8) is 0 Å². The van der Waals surface area contributed by atoms with Crippen LogP contribution in [0, 0.1) is 17.5 Å². The minimum Gasteiger partial charge on any atom is -0.378 e. The van der Waals surface area contributed by atoms with Gasteiger partial charge in [0.15, 0.2) is 11.6 Å². The van der Waals surface area contributed by atoms with E-state index in [9.17, 15) is 13.2 Å². The monoisotopic (exact) mass is 329 g/mol. The van der Waals surface area contributed by atoms with E-state index in [4.69, 9.17) is 11.6 Å². The number of aromatic nitrogens is 2. The highest BCUT2D eigenvalue weighted by Crippen LogP contribution is 2.30. The SMILES string of the molecule is Fc1cc(F)c(CNc2c(Cl)ccc3nsnc23)cc1F. The summed E-state index contributed by atoms with van der Waals surface area (Å²) in [5.41, 5.74) is 1.67. The van der Waals surface area contributed by atoms with Crippen LogP contribution >= 0.6 is 23.3 Å². The molecule has 21 heavy (non-hydrogen) atoms. The first-order valence-corrected chi connectivity index (χ1v) is 6.95. The van der Waals surface area contributed by atoms with Gasteiger partial charge in [-0.1, -0.05) is 11.6 Å². The van der Waals surface area contributed by atoms with E-state index < -0.39 is 17.5 Å². The van der Waals surface area contributed by atoms with Crippen molar-refractivity contribution in [2.45, 2.75) is 6.54 Å². The van der Waals surface area contributed by atoms with Gasteiger partial charge in [-0.05, 0) is 18.2 Å². The molecule has 0 bridgehead atoms. The smallest absolute Gasteiger partial charge is 0.161 e. The molecule has 0 spiro atoms. The predicted octanol–water partition coefficient (Wildman–Crippen LogP) is 4.37. The molecule has 0 fully saturated rings. The Morgan fingerprint density at radius 3 is 2.62 bits per heavy atom. The van der Waals surface area contributed by atoms with Gasteiger partial charge in [-0.15, -0.1) is 0 Å². The van der Waals surface area contributed by atoms with Gasteiger partial charge in [0.25, 0.3) is 0 Å². The number of halogens is 4. The first kappa shape index (κ1) is 14.1. The van der Waals surface area contributed by atoms with Gasteiger partial charge >= 0.3 is 0 Å². The van der Waals surface area contributed by atoms with Crippen LogP contribution < -0.4 is 5.32 Å². The van der Waals surface area contributed by atoms with E-state index in [0.29, 0.717) is 27.8 Å². The fraction of sp³-hybridized carbons (Fsp3) is 0.0769. The van der Waals surface area contributed by atoms with Crippen LogP contribution in [0.3, 0.4) is 0 Å². The molecule has 0 aliphatic carbocycles. The van der Waals surface area contributed by atoms with Crippen LogP contribution in [-0.4, -0.2) is 8.75 Å². The summed E-state index contributed by atoms with van der Waals surface area (Å²) in [5.74, 6) is -3.16. The summed E-state index contributed by atoms with van der Waals surface area (Å²) in [7, 11) is 0. The highest BCUT2D eigenvalue weighted by molar-refractivity contribution is 7.00. The number of fused-ring (bicyclic) bond motifs is 1. The first-order valence-electron chi connectivity index (χ1n) is 5.84. The van der Waals surface area contributed by atoms with Crippen molar-refractivity contribution in [3.8, 4) is 0 Å². The maximum absolute atomic E-state index is 13.6. The van der Waals surface area contributed by atoms with E-state index in [1.165, 1.54) is 0 Å². The highest BCUT2D eigenvalue weighted by Gasteiger charge is 2.13. The van der Waals surface area contributed by atoms with E-state index in [-0.39, 0.29) is 12.1 Å². The first-order chi connectivity index (χ1) is 10.1. The van der Waals surface area contributed by atoms with Gasteiger partial charge in [0.05, 0.1) is 22.4 Å². The average Bonchev–Trinajstić information content (AvgIpc) is 2.91. The lowest BCUT2D eigenvalue weighted by molar-refractivity contribution is 0.490. The lowest BCUT2D eigenvalue weighted by atomic mass is 10.2. The summed E-state index contributed by atoms with van der Waals surface area (Å²) in [6.07, 6.45) is 0. The van der Waals surface area contributed by atoms with Crippen LogP contribution in [0.2, 0.25) is 5.02 Å². The van der Waals surface area contributed by atoms with Crippen LogP contribution in [0.5, 0.6) is 0 Å². The molecule has 8 heteroatoms. The lowest BCUT2D eigenvalue weighted by Crippen LogP contribution is -2.04. The zero-order valence-electron chi connectivity index (χ0n) is 10.3. The van der Waals surface area contributed by atoms with Crippen LogP contribution in [0.15, 0.2) is 24.3 Å². The topological polar surface area (TPSA) is 37.8 Å². The number of rotatable bonds is 3. The number of anilines is 1. The van der Waals surface area contributed by atoms with E-state index in [0.717, 1.165) is 17.8 Å². The zero-order valence-corrected chi connectivity index (χ0v) is 11.9. The van der Waals surface area contributed by atoms with Gasteiger partial charge in [0, 0.05) is 18.2 Å². The molecule has 3 rings (SSSR count). The second-order valence-corrected chi connectivity index (χ2v) is 5.20. The lowest BCUT2D eigenvalue weighted by Gasteiger charge is -2.10. The molecule has 0 saturated heterocycles. The minimum atomic E-state index is -1.22. The molecule has 0 saturated carbocycles. The third-order valence-corrected chi connectivity index (χ3v) is 3.78. The molecule has 0 unspecified atom stereocenters. The van der Waals surface area contributed by atoms with Crippen molar-refractivity contribution in [2.75, 3.05) is 5.32 Å². The second kappa shape index (κ2) is 5.50. The number of hydrogen-bond donors (Lipinski definition) is 1. The van der Waals surface area contributed by atoms with Crippen LogP contribution in [0.4, 0.5) is 18.9 Å². The van der Waals surface area contributed by atoms with Gasteiger partial charge in [-0.2, -0.15) is 8.75 Å². The molecule has 0 radical (unpaired) electrons.